The Morgan fingerprint density at radius 2 is 1.27 bits per heavy atom. The van der Waals surface area contributed by atoms with Gasteiger partial charge in [0.25, 0.3) is 0 Å². The van der Waals surface area contributed by atoms with Gasteiger partial charge in [-0.05, 0) is 49.9 Å². The van der Waals surface area contributed by atoms with Gasteiger partial charge < -0.3 is 9.84 Å². The van der Waals surface area contributed by atoms with Gasteiger partial charge >= 0.3 is 5.97 Å². The highest BCUT2D eigenvalue weighted by Crippen LogP contribution is 2.39. The second kappa shape index (κ2) is 19.1. The van der Waals surface area contributed by atoms with Crippen LogP contribution in [-0.4, -0.2) is 22.6 Å². The molecule has 0 aromatic carbocycles. The summed E-state index contributed by atoms with van der Waals surface area (Å²) in [6.45, 7) is 18.3. The van der Waals surface area contributed by atoms with Crippen LogP contribution < -0.4 is 0 Å². The first-order valence-electron chi connectivity index (χ1n) is 16.5. The third-order valence-corrected chi connectivity index (χ3v) is 7.58. The Hall–Kier alpha value is -2.17. The van der Waals surface area contributed by atoms with Crippen LogP contribution in [0.3, 0.4) is 0 Å². The van der Waals surface area contributed by atoms with Crippen LogP contribution in [0.2, 0.25) is 0 Å². The quantitative estimate of drug-likeness (QED) is 0.0891. The molecule has 0 saturated heterocycles. The number of ether oxygens (including phenoxy) is 1. The normalized spacial score (nSPS) is 14.4. The van der Waals surface area contributed by atoms with Crippen molar-refractivity contribution in [3.8, 4) is 0 Å². The first kappa shape index (κ1) is 36.9. The molecule has 41 heavy (non-hydrogen) atoms. The number of ketones is 2. The lowest BCUT2D eigenvalue weighted by molar-refractivity contribution is -0.139. The zero-order chi connectivity index (χ0) is 31.1. The predicted molar refractivity (Wildman–Crippen MR) is 169 cm³/mol. The molecule has 0 radical (unpaired) electrons. The molecule has 0 fully saturated rings. The van der Waals surface area contributed by atoms with Crippen LogP contribution in [0.4, 0.5) is 0 Å². The Morgan fingerprint density at radius 1 is 0.756 bits per heavy atom. The molecule has 1 rings (SSSR count). The molecule has 0 amide bonds. The third kappa shape index (κ3) is 12.7. The van der Waals surface area contributed by atoms with E-state index in [1.807, 2.05) is 0 Å². The van der Waals surface area contributed by atoms with Crippen LogP contribution in [0.5, 0.6) is 0 Å². The fraction of sp³-hybridized carbons (Fsp3) is 0.750. The highest BCUT2D eigenvalue weighted by molar-refractivity contribution is 6.18. The van der Waals surface area contributed by atoms with E-state index in [0.29, 0.717) is 43.6 Å². The Bertz CT molecular complexity index is 946. The van der Waals surface area contributed by atoms with Gasteiger partial charge in [0.2, 0.25) is 0 Å². The maximum atomic E-state index is 14.1. The Balaban J connectivity index is 3.37. The Labute approximate surface area is 251 Å². The van der Waals surface area contributed by atoms with E-state index in [1.165, 1.54) is 38.5 Å². The monoisotopic (exact) mass is 572 g/mol. The summed E-state index contributed by atoms with van der Waals surface area (Å²) in [6, 6.07) is 0. The van der Waals surface area contributed by atoms with Crippen molar-refractivity contribution < 1.29 is 24.2 Å². The summed E-state index contributed by atoms with van der Waals surface area (Å²) < 4.78 is 5.88. The topological polar surface area (TPSA) is 80.7 Å². The number of unbranched alkanes of at least 4 members (excludes halogenated alkanes) is 8. The number of aliphatic hydroxyl groups excluding tert-OH is 1. The molecular weight excluding hydrogens is 512 g/mol. The Morgan fingerprint density at radius 3 is 1.73 bits per heavy atom. The predicted octanol–water partition coefficient (Wildman–Crippen LogP) is 10.1. The lowest BCUT2D eigenvalue weighted by atomic mass is 9.79. The minimum atomic E-state index is -0.448. The number of rotatable bonds is 20. The zero-order valence-electron chi connectivity index (χ0n) is 27.8. The van der Waals surface area contributed by atoms with E-state index in [9.17, 15) is 19.5 Å². The molecule has 234 valence electrons. The molecule has 0 heterocycles. The van der Waals surface area contributed by atoms with E-state index < -0.39 is 11.9 Å². The van der Waals surface area contributed by atoms with Gasteiger partial charge in [0.15, 0.2) is 17.3 Å². The van der Waals surface area contributed by atoms with Crippen molar-refractivity contribution in [3.05, 3.63) is 33.8 Å². The molecule has 0 spiro atoms. The molecule has 0 aromatic rings. The van der Waals surface area contributed by atoms with E-state index in [1.54, 1.807) is 13.8 Å². The summed E-state index contributed by atoms with van der Waals surface area (Å²) in [6.07, 6.45) is 12.9. The number of esters is 1. The third-order valence-electron chi connectivity index (χ3n) is 7.58. The van der Waals surface area contributed by atoms with Crippen molar-refractivity contribution >= 4 is 17.5 Å². The summed E-state index contributed by atoms with van der Waals surface area (Å²) in [5.41, 5.74) is 1.46. The number of carbonyl (C=O) groups is 3. The minimum Gasteiger partial charge on any atom is -0.506 e. The molecule has 0 saturated carbocycles. The van der Waals surface area contributed by atoms with Gasteiger partial charge in [-0.2, -0.15) is 0 Å². The molecule has 0 atom stereocenters. The van der Waals surface area contributed by atoms with Crippen molar-refractivity contribution in [2.75, 3.05) is 0 Å². The van der Waals surface area contributed by atoms with Gasteiger partial charge in [0.05, 0.1) is 5.57 Å². The maximum absolute atomic E-state index is 14.1. The van der Waals surface area contributed by atoms with E-state index in [-0.39, 0.29) is 52.5 Å². The summed E-state index contributed by atoms with van der Waals surface area (Å²) in [4.78, 5) is 40.7. The van der Waals surface area contributed by atoms with Crippen LogP contribution in [0.1, 0.15) is 152 Å². The SMILES string of the molecule is CCCCCCCCCCCC(=O)OC1=C(CCC(C)C)C(=O)C(=C(CC(C)C)CC(C)C)C(O)=C1C(=O)C(C)C. The molecule has 1 aliphatic carbocycles. The van der Waals surface area contributed by atoms with Crippen molar-refractivity contribution in [2.24, 2.45) is 23.7 Å². The zero-order valence-corrected chi connectivity index (χ0v) is 27.8. The van der Waals surface area contributed by atoms with Gasteiger partial charge in [0.1, 0.15) is 11.3 Å². The fourth-order valence-corrected chi connectivity index (χ4v) is 5.38. The van der Waals surface area contributed by atoms with E-state index in [2.05, 4.69) is 48.5 Å². The number of aliphatic hydroxyl groups is 1. The fourth-order valence-electron chi connectivity index (χ4n) is 5.38. The molecule has 5 nitrogen and oxygen atoms in total. The van der Waals surface area contributed by atoms with E-state index >= 15 is 0 Å². The van der Waals surface area contributed by atoms with Crippen molar-refractivity contribution in [1.82, 2.24) is 0 Å². The second-order valence-corrected chi connectivity index (χ2v) is 13.5. The van der Waals surface area contributed by atoms with Gasteiger partial charge in [0, 0.05) is 17.9 Å². The van der Waals surface area contributed by atoms with Crippen LogP contribution in [-0.2, 0) is 19.1 Å². The molecule has 0 aromatic heterocycles. The number of hydrogen-bond acceptors (Lipinski definition) is 5. The number of allylic oxidation sites excluding steroid dienone is 4. The number of carbonyl (C=O) groups excluding carboxylic acids is 3. The highest BCUT2D eigenvalue weighted by atomic mass is 16.5. The summed E-state index contributed by atoms with van der Waals surface area (Å²) in [5.74, 6) is -0.946. The highest BCUT2D eigenvalue weighted by Gasteiger charge is 2.39. The lowest BCUT2D eigenvalue weighted by Crippen LogP contribution is -2.28. The first-order valence-corrected chi connectivity index (χ1v) is 16.5. The van der Waals surface area contributed by atoms with Crippen LogP contribution in [0, 0.1) is 23.7 Å². The average Bonchev–Trinajstić information content (AvgIpc) is 2.86. The molecule has 0 bridgehead atoms. The molecule has 1 aliphatic rings. The number of Topliss-reactive ketones (excluding diaryl/α,β-unsaturated/α-hetero) is 2. The summed E-state index contributed by atoms with van der Waals surface area (Å²) in [7, 11) is 0. The van der Waals surface area contributed by atoms with Gasteiger partial charge in [-0.25, -0.2) is 0 Å². The van der Waals surface area contributed by atoms with Crippen molar-refractivity contribution in [1.29, 1.82) is 0 Å². The van der Waals surface area contributed by atoms with E-state index in [4.69, 9.17) is 4.74 Å². The summed E-state index contributed by atoms with van der Waals surface area (Å²) in [5, 5.41) is 11.6. The van der Waals surface area contributed by atoms with Crippen LogP contribution in [0.25, 0.3) is 0 Å². The second-order valence-electron chi connectivity index (χ2n) is 13.5. The maximum Gasteiger partial charge on any atom is 0.311 e. The molecular formula is C36H60O5. The summed E-state index contributed by atoms with van der Waals surface area (Å²) >= 11 is 0. The van der Waals surface area contributed by atoms with E-state index in [0.717, 1.165) is 18.4 Å². The molecule has 0 unspecified atom stereocenters. The largest absolute Gasteiger partial charge is 0.506 e. The van der Waals surface area contributed by atoms with Crippen LogP contribution >= 0.6 is 0 Å². The molecule has 0 aliphatic heterocycles. The van der Waals surface area contributed by atoms with Crippen LogP contribution in [0.15, 0.2) is 33.8 Å². The first-order chi connectivity index (χ1) is 19.3. The minimum absolute atomic E-state index is 0.00111. The average molecular weight is 573 g/mol. The van der Waals surface area contributed by atoms with Gasteiger partial charge in [-0.1, -0.05) is 119 Å². The standard InChI is InChI=1S/C36H60O5/c1-10-11-12-13-14-15-16-17-18-19-30(37)41-36-29(21-20-24(2)3)34(39)31(28(22-25(4)5)23-26(6)7)35(40)32(36)33(38)27(8)9/h24-27,40H,10-23H2,1-9H3. The van der Waals surface area contributed by atoms with Gasteiger partial charge in [-0.3, -0.25) is 14.4 Å². The van der Waals surface area contributed by atoms with Gasteiger partial charge in [-0.15, -0.1) is 0 Å². The molecule has 5 heteroatoms. The lowest BCUT2D eigenvalue weighted by Gasteiger charge is -2.27. The molecule has 1 N–H and O–H groups in total. The Kier molecular flexibility index (Phi) is 17.2. The number of hydrogen-bond donors (Lipinski definition) is 1. The van der Waals surface area contributed by atoms with Crippen molar-refractivity contribution in [3.63, 3.8) is 0 Å². The smallest absolute Gasteiger partial charge is 0.311 e. The van der Waals surface area contributed by atoms with Crippen molar-refractivity contribution in [2.45, 2.75) is 152 Å².